The molecule has 0 saturated heterocycles. The first-order valence-corrected chi connectivity index (χ1v) is 11.1. The van der Waals surface area contributed by atoms with Gasteiger partial charge >= 0.3 is 12.1 Å². The third-order valence-corrected chi connectivity index (χ3v) is 5.77. The number of benzene rings is 2. The monoisotopic (exact) mass is 522 g/mol. The maximum Gasteiger partial charge on any atom is 0.416 e. The molecular formula is C26H17F3N4O5. The van der Waals surface area contributed by atoms with Crippen LogP contribution in [0.15, 0.2) is 82.3 Å². The normalized spacial score (nSPS) is 12.4. The molecule has 0 aliphatic carbocycles. The number of amides is 1. The number of Topliss-reactive ketones (excluding diaryl/α,β-unsaturated/α-hetero) is 1. The fraction of sp³-hybridized carbons (Fsp3) is 0.115. The number of ether oxygens (including phenoxy) is 1. The Hall–Kier alpha value is -5.00. The Kier molecular flexibility index (Phi) is 6.15. The summed E-state index contributed by atoms with van der Waals surface area (Å²) in [4.78, 5) is 48.0. The molecule has 38 heavy (non-hydrogen) atoms. The van der Waals surface area contributed by atoms with Crippen LogP contribution in [0.3, 0.4) is 0 Å². The number of nitrogens with zero attached hydrogens (tertiary/aromatic N) is 3. The highest BCUT2D eigenvalue weighted by molar-refractivity contribution is 6.02. The van der Waals surface area contributed by atoms with Crippen molar-refractivity contribution in [2.45, 2.75) is 12.3 Å². The van der Waals surface area contributed by atoms with E-state index in [-0.39, 0.29) is 16.7 Å². The van der Waals surface area contributed by atoms with E-state index in [4.69, 9.17) is 9.15 Å². The molecular weight excluding hydrogens is 505 g/mol. The molecule has 0 radical (unpaired) electrons. The van der Waals surface area contributed by atoms with E-state index in [1.165, 1.54) is 25.6 Å². The molecule has 12 heteroatoms. The number of alkyl halides is 3. The van der Waals surface area contributed by atoms with Crippen LogP contribution in [0.25, 0.3) is 22.0 Å². The average Bonchev–Trinajstić information content (AvgIpc) is 3.35. The third-order valence-electron chi connectivity index (χ3n) is 5.77. The van der Waals surface area contributed by atoms with E-state index in [9.17, 15) is 27.6 Å². The van der Waals surface area contributed by atoms with E-state index < -0.39 is 41.0 Å². The molecule has 1 N–H and O–H groups in total. The molecule has 0 aliphatic rings. The first-order valence-electron chi connectivity index (χ1n) is 11.1. The summed E-state index contributed by atoms with van der Waals surface area (Å²) in [5.41, 5.74) is -1.21. The van der Waals surface area contributed by atoms with Crippen LogP contribution in [0, 0.1) is 0 Å². The lowest BCUT2D eigenvalue weighted by Gasteiger charge is -2.20. The third kappa shape index (κ3) is 4.59. The van der Waals surface area contributed by atoms with Gasteiger partial charge in [-0.3, -0.25) is 23.9 Å². The number of pyridine rings is 2. The lowest BCUT2D eigenvalue weighted by atomic mass is 10.1. The lowest BCUT2D eigenvalue weighted by Crippen LogP contribution is -2.42. The van der Waals surface area contributed by atoms with Crippen molar-refractivity contribution in [2.24, 2.45) is 0 Å². The zero-order valence-corrected chi connectivity index (χ0v) is 19.5. The van der Waals surface area contributed by atoms with Gasteiger partial charge in [0.15, 0.2) is 11.7 Å². The molecule has 1 atom stereocenters. The number of hydrogen-bond acceptors (Lipinski definition) is 7. The summed E-state index contributed by atoms with van der Waals surface area (Å²) in [5.74, 6) is -1.70. The average molecular weight is 522 g/mol. The number of rotatable bonds is 6. The van der Waals surface area contributed by atoms with Crippen LogP contribution < -0.4 is 15.6 Å². The number of carbonyl (C=O) groups excluding carboxylic acids is 2. The lowest BCUT2D eigenvalue weighted by molar-refractivity contribution is -0.137. The first-order chi connectivity index (χ1) is 18.2. The number of halogens is 3. The summed E-state index contributed by atoms with van der Waals surface area (Å²) in [6, 6.07) is 12.9. The molecule has 0 bridgehead atoms. The SMILES string of the molecule is COc1ccc2oc(C(=O)NC(C(=O)c3ccc(C(F)(F)F)cc3)n3ccc4cccnc4c3=O)nc2c1. The zero-order valence-electron chi connectivity index (χ0n) is 19.5. The fourth-order valence-electron chi connectivity index (χ4n) is 3.84. The van der Waals surface area contributed by atoms with E-state index in [0.29, 0.717) is 16.7 Å². The van der Waals surface area contributed by atoms with E-state index >= 15 is 0 Å². The van der Waals surface area contributed by atoms with Gasteiger partial charge in [0.05, 0.1) is 12.7 Å². The van der Waals surface area contributed by atoms with Crippen LogP contribution in [0.1, 0.15) is 32.8 Å². The molecule has 5 aromatic rings. The number of nitrogens with one attached hydrogen (secondary N) is 1. The Balaban J connectivity index is 1.55. The van der Waals surface area contributed by atoms with Gasteiger partial charge in [-0.1, -0.05) is 18.2 Å². The predicted molar refractivity (Wildman–Crippen MR) is 129 cm³/mol. The summed E-state index contributed by atoms with van der Waals surface area (Å²) in [7, 11) is 1.46. The van der Waals surface area contributed by atoms with E-state index in [0.717, 1.165) is 28.8 Å². The summed E-state index contributed by atoms with van der Waals surface area (Å²) >= 11 is 0. The highest BCUT2D eigenvalue weighted by Crippen LogP contribution is 2.29. The molecule has 0 spiro atoms. The molecule has 2 aromatic carbocycles. The largest absolute Gasteiger partial charge is 0.497 e. The van der Waals surface area contributed by atoms with Gasteiger partial charge in [0.2, 0.25) is 5.78 Å². The summed E-state index contributed by atoms with van der Waals surface area (Å²) in [5, 5.41) is 2.92. The first kappa shape index (κ1) is 24.7. The number of aromatic nitrogens is 3. The minimum absolute atomic E-state index is 0.0309. The van der Waals surface area contributed by atoms with Gasteiger partial charge in [-0.05, 0) is 36.4 Å². The van der Waals surface area contributed by atoms with Gasteiger partial charge in [0, 0.05) is 29.4 Å². The van der Waals surface area contributed by atoms with Crippen LogP contribution in [0.5, 0.6) is 5.75 Å². The Morgan fingerprint density at radius 3 is 2.55 bits per heavy atom. The van der Waals surface area contributed by atoms with Gasteiger partial charge in [-0.2, -0.15) is 13.2 Å². The van der Waals surface area contributed by atoms with Crippen molar-refractivity contribution in [1.29, 1.82) is 0 Å². The number of fused-ring (bicyclic) bond motifs is 2. The fourth-order valence-corrected chi connectivity index (χ4v) is 3.84. The van der Waals surface area contributed by atoms with Crippen molar-refractivity contribution >= 4 is 33.7 Å². The van der Waals surface area contributed by atoms with Crippen molar-refractivity contribution < 1.29 is 31.9 Å². The van der Waals surface area contributed by atoms with Crippen molar-refractivity contribution in [3.05, 3.63) is 100 Å². The number of methoxy groups -OCH3 is 1. The van der Waals surface area contributed by atoms with Gasteiger partial charge in [0.25, 0.3) is 11.4 Å². The smallest absolute Gasteiger partial charge is 0.416 e. The molecule has 3 aromatic heterocycles. The number of hydrogen-bond donors (Lipinski definition) is 1. The molecule has 0 fully saturated rings. The second-order valence-corrected chi connectivity index (χ2v) is 8.14. The van der Waals surface area contributed by atoms with E-state index in [1.54, 1.807) is 30.3 Å². The Bertz CT molecular complexity index is 1740. The number of carbonyl (C=O) groups is 2. The molecule has 1 amide bonds. The molecule has 9 nitrogen and oxygen atoms in total. The van der Waals surface area contributed by atoms with Gasteiger partial charge < -0.3 is 14.5 Å². The number of oxazole rings is 1. The summed E-state index contributed by atoms with van der Waals surface area (Å²) < 4.78 is 50.6. The molecule has 1 unspecified atom stereocenters. The molecule has 5 rings (SSSR count). The zero-order chi connectivity index (χ0) is 27.0. The minimum Gasteiger partial charge on any atom is -0.497 e. The maximum absolute atomic E-state index is 13.5. The second-order valence-electron chi connectivity index (χ2n) is 8.14. The summed E-state index contributed by atoms with van der Waals surface area (Å²) in [6.45, 7) is 0. The van der Waals surface area contributed by atoms with Crippen LogP contribution in [0.4, 0.5) is 13.2 Å². The second kappa shape index (κ2) is 9.47. The van der Waals surface area contributed by atoms with Crippen molar-refractivity contribution in [1.82, 2.24) is 19.9 Å². The highest BCUT2D eigenvalue weighted by atomic mass is 19.4. The van der Waals surface area contributed by atoms with Crippen LogP contribution >= 0.6 is 0 Å². The minimum atomic E-state index is -4.61. The topological polar surface area (TPSA) is 116 Å². The van der Waals surface area contributed by atoms with Gasteiger partial charge in [-0.25, -0.2) is 4.98 Å². The maximum atomic E-state index is 13.5. The Morgan fingerprint density at radius 2 is 1.84 bits per heavy atom. The van der Waals surface area contributed by atoms with Crippen molar-refractivity contribution in [3.8, 4) is 5.75 Å². The van der Waals surface area contributed by atoms with Crippen LogP contribution in [0.2, 0.25) is 0 Å². The van der Waals surface area contributed by atoms with E-state index in [2.05, 4.69) is 15.3 Å². The van der Waals surface area contributed by atoms with Crippen LogP contribution in [-0.2, 0) is 6.18 Å². The van der Waals surface area contributed by atoms with Gasteiger partial charge in [0.1, 0.15) is 16.8 Å². The molecule has 0 aliphatic heterocycles. The van der Waals surface area contributed by atoms with Crippen molar-refractivity contribution in [2.75, 3.05) is 7.11 Å². The molecule has 0 saturated carbocycles. The Morgan fingerprint density at radius 1 is 1.08 bits per heavy atom. The Labute approximate surface area is 211 Å². The van der Waals surface area contributed by atoms with Crippen molar-refractivity contribution in [3.63, 3.8) is 0 Å². The number of ketones is 1. The predicted octanol–water partition coefficient (Wildman–Crippen LogP) is 4.38. The van der Waals surface area contributed by atoms with Gasteiger partial charge in [-0.15, -0.1) is 0 Å². The standard InChI is InChI=1S/C26H17F3N4O5/c1-37-17-8-9-19-18(13-17)31-24(38-19)23(35)32-22(21(34)15-4-6-16(7-5-15)26(27,28)29)33-12-10-14-3-2-11-30-20(14)25(33)36/h2-13,22H,1H3,(H,32,35). The quantitative estimate of drug-likeness (QED) is 0.329. The van der Waals surface area contributed by atoms with E-state index in [1.807, 2.05) is 0 Å². The molecule has 3 heterocycles. The molecule has 192 valence electrons. The highest BCUT2D eigenvalue weighted by Gasteiger charge is 2.32. The summed E-state index contributed by atoms with van der Waals surface area (Å²) in [6.07, 6.45) is -3.57. The van der Waals surface area contributed by atoms with Crippen LogP contribution in [-0.4, -0.2) is 33.3 Å².